The van der Waals surface area contributed by atoms with E-state index >= 15 is 0 Å². The molecule has 0 aliphatic carbocycles. The predicted molar refractivity (Wildman–Crippen MR) is 368 cm³/mol. The van der Waals surface area contributed by atoms with Gasteiger partial charge in [0.15, 0.2) is 0 Å². The number of hydrogen-bond acceptors (Lipinski definition) is 0. The van der Waals surface area contributed by atoms with Crippen LogP contribution in [-0.2, 0) is 52.4 Å². The minimum absolute atomic E-state index is 0. The molecule has 84 heavy (non-hydrogen) atoms. The molecule has 0 bridgehead atoms. The van der Waals surface area contributed by atoms with Gasteiger partial charge in [0.25, 0.3) is 0 Å². The quantitative estimate of drug-likeness (QED) is 0.0668. The van der Waals surface area contributed by atoms with Crippen LogP contribution in [0.15, 0.2) is 267 Å². The van der Waals surface area contributed by atoms with Gasteiger partial charge in [0.1, 0.15) is 0 Å². The monoisotopic (exact) mass is 1370 g/mol. The fourth-order valence-electron chi connectivity index (χ4n) is 10.7. The largest absolute Gasteiger partial charge is 2.00 e. The van der Waals surface area contributed by atoms with Gasteiger partial charge in [-0.1, -0.05) is 217 Å². The molecule has 0 spiro atoms. The first-order chi connectivity index (χ1) is 38.9. The summed E-state index contributed by atoms with van der Waals surface area (Å²) >= 11 is 0. The molecule has 0 aromatic heterocycles. The molecule has 0 heterocycles. The summed E-state index contributed by atoms with van der Waals surface area (Å²) in [6, 6.07) is 97.2. The Morgan fingerprint density at radius 3 is 0.667 bits per heavy atom. The van der Waals surface area contributed by atoms with Gasteiger partial charge in [0.05, 0.1) is 0 Å². The van der Waals surface area contributed by atoms with Gasteiger partial charge in [0.2, 0.25) is 0 Å². The van der Waals surface area contributed by atoms with Gasteiger partial charge in [-0.15, -0.1) is 161 Å². The van der Waals surface area contributed by atoms with Crippen molar-refractivity contribution in [3.05, 3.63) is 267 Å². The van der Waals surface area contributed by atoms with Gasteiger partial charge in [-0.25, -0.2) is 0 Å². The second kappa shape index (κ2) is 35.9. The van der Waals surface area contributed by atoms with Crippen LogP contribution in [0.1, 0.15) is 55.4 Å². The van der Waals surface area contributed by atoms with E-state index in [-0.39, 0.29) is 93.1 Å². The van der Waals surface area contributed by atoms with E-state index in [4.69, 9.17) is 0 Å². The number of fused-ring (bicyclic) bond motifs is 4. The zero-order valence-electron chi connectivity index (χ0n) is 50.1. The van der Waals surface area contributed by atoms with Crippen LogP contribution in [0.25, 0.3) is 43.1 Å². The number of hydrogen-bond donors (Lipinski definition) is 0. The van der Waals surface area contributed by atoms with Gasteiger partial charge < -0.3 is 24.8 Å². The van der Waals surface area contributed by atoms with Crippen molar-refractivity contribution >= 4 is 117 Å². The van der Waals surface area contributed by atoms with E-state index in [9.17, 15) is 0 Å². The van der Waals surface area contributed by atoms with E-state index < -0.39 is 15.8 Å². The van der Waals surface area contributed by atoms with Crippen molar-refractivity contribution in [2.45, 2.75) is 55.4 Å². The first-order valence-electron chi connectivity index (χ1n) is 28.9. The summed E-state index contributed by atoms with van der Waals surface area (Å²) in [5, 5.41) is 22.6. The van der Waals surface area contributed by atoms with Crippen LogP contribution < -0.4 is 67.3 Å². The van der Waals surface area contributed by atoms with Crippen LogP contribution >= 0.6 is 31.7 Å². The van der Waals surface area contributed by atoms with Gasteiger partial charge in [-0.05, 0) is 85.4 Å². The molecule has 0 unspecified atom stereocenters. The van der Waals surface area contributed by atoms with Gasteiger partial charge >= 0.3 is 52.4 Å². The Bertz CT molecular complexity index is 3250. The molecule has 0 radical (unpaired) electrons. The average molecular weight is 1370 g/mol. The van der Waals surface area contributed by atoms with Crippen molar-refractivity contribution in [2.75, 3.05) is 24.6 Å². The normalized spacial score (nSPS) is 11.0. The third-order valence-corrected chi connectivity index (χ3v) is 25.5. The minimum atomic E-state index is -0.493. The Balaban J connectivity index is 0.000000203. The Kier molecular flexibility index (Phi) is 30.4. The summed E-state index contributed by atoms with van der Waals surface area (Å²) < 4.78 is 0. The molecule has 0 saturated carbocycles. The zero-order chi connectivity index (χ0) is 55.8. The van der Waals surface area contributed by atoms with Crippen LogP contribution in [-0.4, -0.2) is 24.6 Å². The third kappa shape index (κ3) is 20.2. The smallest absolute Gasteiger partial charge is 1.00 e. The van der Waals surface area contributed by atoms with Crippen molar-refractivity contribution in [2.24, 2.45) is 23.7 Å². The number of halogens is 2. The summed E-state index contributed by atoms with van der Waals surface area (Å²) in [6.07, 6.45) is 5.46. The molecular formula is C76H80Cl2P4Zr2-2. The standard InChI is InChI=1S/2C21H16P.2C17H24P.2ClH.2Zr/c2*1-3-11-19(12-4-1)22(20-13-5-2-6-14-20)21-15-17-9-7-8-10-18(17)16-21;2*1-13(2)11-18(12-14(3)4)17-9-15-7-5-6-8-16(15)10-17;;;;/h2*1-16H;2*5-10,13-14H,11-12H2,1-4H3;2*1H;;/q4*-1;;;2*+2/p-2. The van der Waals surface area contributed by atoms with Crippen molar-refractivity contribution in [3.8, 4) is 0 Å². The topological polar surface area (TPSA) is 0 Å². The van der Waals surface area contributed by atoms with Crippen molar-refractivity contribution in [1.29, 1.82) is 0 Å². The van der Waals surface area contributed by atoms with E-state index in [1.165, 1.54) is 99.6 Å². The molecule has 0 amide bonds. The molecule has 0 aliphatic rings. The Hall–Kier alpha value is -3.73. The van der Waals surface area contributed by atoms with Crippen LogP contribution in [0.2, 0.25) is 0 Å². The summed E-state index contributed by atoms with van der Waals surface area (Å²) in [7, 11) is -0.949. The van der Waals surface area contributed by atoms with Crippen molar-refractivity contribution < 1.29 is 77.2 Å². The SMILES string of the molecule is CC(C)CP(CC(C)C)c1cc2ccccc2[cH-]1.CC(C)CP(CC(C)C)c1cc2ccccc2[cH-]1.[Cl-].[Cl-].[Zr+2].[Zr+2].c1ccc(P(c2ccccc2)c2cc3ccccc3[cH-]2)cc1.c1ccc(P(c2ccccc2)c2cc3ccccc3[cH-]2)cc1. The molecule has 0 fully saturated rings. The Morgan fingerprint density at radius 1 is 0.262 bits per heavy atom. The molecule has 428 valence electrons. The van der Waals surface area contributed by atoms with E-state index in [2.05, 4.69) is 322 Å². The second-order valence-electron chi connectivity index (χ2n) is 22.8. The Labute approximate surface area is 559 Å². The summed E-state index contributed by atoms with van der Waals surface area (Å²) in [5.74, 6) is 3.20. The van der Waals surface area contributed by atoms with E-state index in [1.54, 1.807) is 10.6 Å². The Morgan fingerprint density at radius 2 is 0.452 bits per heavy atom. The molecule has 0 saturated heterocycles. The molecule has 0 nitrogen and oxygen atoms in total. The average Bonchev–Trinajstić information content (AvgIpc) is 4.49. The van der Waals surface area contributed by atoms with Crippen LogP contribution in [0.4, 0.5) is 0 Å². The van der Waals surface area contributed by atoms with E-state index in [1.807, 2.05) is 0 Å². The predicted octanol–water partition coefficient (Wildman–Crippen LogP) is 12.6. The van der Waals surface area contributed by atoms with Crippen LogP contribution in [0.3, 0.4) is 0 Å². The summed E-state index contributed by atoms with van der Waals surface area (Å²) in [6.45, 7) is 18.8. The minimum Gasteiger partial charge on any atom is -1.00 e. The molecule has 0 atom stereocenters. The molecule has 0 N–H and O–H groups in total. The second-order valence-corrected chi connectivity index (χ2v) is 31.9. The van der Waals surface area contributed by atoms with E-state index in [0.717, 1.165) is 23.7 Å². The molecule has 12 rings (SSSR count). The third-order valence-electron chi connectivity index (χ3n) is 14.1. The molecule has 8 heteroatoms. The van der Waals surface area contributed by atoms with Crippen LogP contribution in [0.5, 0.6) is 0 Å². The molecular weight excluding hydrogens is 1290 g/mol. The summed E-state index contributed by atoms with van der Waals surface area (Å²) in [5.41, 5.74) is 0. The fraction of sp³-hybridized carbons (Fsp3) is 0.211. The van der Waals surface area contributed by atoms with E-state index in [0.29, 0.717) is 0 Å². The maximum Gasteiger partial charge on any atom is 2.00 e. The first-order valence-corrected chi connectivity index (χ1v) is 35.0. The van der Waals surface area contributed by atoms with Gasteiger partial charge in [-0.2, -0.15) is 24.3 Å². The summed E-state index contributed by atoms with van der Waals surface area (Å²) in [4.78, 5) is 0. The zero-order valence-corrected chi connectivity index (χ0v) is 60.1. The van der Waals surface area contributed by atoms with Gasteiger partial charge in [0, 0.05) is 0 Å². The maximum absolute atomic E-state index is 2.42. The number of rotatable bonds is 16. The van der Waals surface area contributed by atoms with Gasteiger partial charge in [-0.3, -0.25) is 0 Å². The molecule has 0 aliphatic heterocycles. The number of benzene rings is 8. The maximum atomic E-state index is 2.42. The molecule has 12 aromatic carbocycles. The fourth-order valence-corrected chi connectivity index (χ4v) is 21.4. The first kappa shape index (κ1) is 71.0. The van der Waals surface area contributed by atoms with Crippen molar-refractivity contribution in [1.82, 2.24) is 0 Å². The van der Waals surface area contributed by atoms with Crippen LogP contribution in [0, 0.1) is 23.7 Å². The van der Waals surface area contributed by atoms with Crippen molar-refractivity contribution in [3.63, 3.8) is 0 Å². The molecule has 12 aromatic rings.